The highest BCUT2D eigenvalue weighted by atomic mass is 35.5. The first-order valence-electron chi connectivity index (χ1n) is 4.67. The molecule has 1 aromatic rings. The van der Waals surface area contributed by atoms with Crippen molar-refractivity contribution in [1.29, 1.82) is 0 Å². The Labute approximate surface area is 97.8 Å². The Bertz CT molecular complexity index is 502. The SMILES string of the molecule is O=S(=O)(NC1CNC1)c1cc(F)ccc1Cl. The van der Waals surface area contributed by atoms with E-state index in [2.05, 4.69) is 10.0 Å². The topological polar surface area (TPSA) is 58.2 Å². The van der Waals surface area contributed by atoms with Gasteiger partial charge in [-0.05, 0) is 18.2 Å². The van der Waals surface area contributed by atoms with Crippen molar-refractivity contribution in [2.45, 2.75) is 10.9 Å². The molecule has 0 amide bonds. The molecule has 0 bridgehead atoms. The first-order valence-corrected chi connectivity index (χ1v) is 6.53. The van der Waals surface area contributed by atoms with Gasteiger partial charge in [0.15, 0.2) is 0 Å². The first-order chi connectivity index (χ1) is 7.49. The summed E-state index contributed by atoms with van der Waals surface area (Å²) in [4.78, 5) is -0.221. The number of hydrogen-bond acceptors (Lipinski definition) is 3. The number of sulfonamides is 1. The lowest BCUT2D eigenvalue weighted by molar-refractivity contribution is 0.410. The molecule has 0 spiro atoms. The molecule has 0 radical (unpaired) electrons. The van der Waals surface area contributed by atoms with E-state index in [9.17, 15) is 12.8 Å². The van der Waals surface area contributed by atoms with Gasteiger partial charge in [0, 0.05) is 19.1 Å². The molecule has 0 saturated carbocycles. The fourth-order valence-corrected chi connectivity index (χ4v) is 3.09. The normalized spacial score (nSPS) is 17.1. The van der Waals surface area contributed by atoms with Crippen LogP contribution in [0.25, 0.3) is 0 Å². The Balaban J connectivity index is 2.30. The minimum atomic E-state index is -3.74. The van der Waals surface area contributed by atoms with Crippen LogP contribution < -0.4 is 10.0 Å². The number of nitrogens with one attached hydrogen (secondary N) is 2. The molecule has 1 aliphatic heterocycles. The lowest BCUT2D eigenvalue weighted by atomic mass is 10.2. The van der Waals surface area contributed by atoms with Gasteiger partial charge in [-0.15, -0.1) is 0 Å². The lowest BCUT2D eigenvalue weighted by Gasteiger charge is -2.27. The molecular formula is C9H10ClFN2O2S. The van der Waals surface area contributed by atoms with Gasteiger partial charge in [-0.1, -0.05) is 11.6 Å². The van der Waals surface area contributed by atoms with Crippen LogP contribution in [-0.2, 0) is 10.0 Å². The van der Waals surface area contributed by atoms with Crippen molar-refractivity contribution in [2.24, 2.45) is 0 Å². The van der Waals surface area contributed by atoms with E-state index in [1.807, 2.05) is 0 Å². The number of rotatable bonds is 3. The summed E-state index contributed by atoms with van der Waals surface area (Å²) >= 11 is 5.72. The van der Waals surface area contributed by atoms with E-state index in [1.165, 1.54) is 6.07 Å². The van der Waals surface area contributed by atoms with Gasteiger partial charge in [-0.25, -0.2) is 17.5 Å². The zero-order valence-electron chi connectivity index (χ0n) is 8.20. The number of halogens is 2. The van der Waals surface area contributed by atoms with Gasteiger partial charge >= 0.3 is 0 Å². The Morgan fingerprint density at radius 3 is 2.69 bits per heavy atom. The van der Waals surface area contributed by atoms with Crippen LogP contribution in [0.2, 0.25) is 5.02 Å². The van der Waals surface area contributed by atoms with E-state index in [0.29, 0.717) is 13.1 Å². The summed E-state index contributed by atoms with van der Waals surface area (Å²) in [5, 5.41) is 2.94. The highest BCUT2D eigenvalue weighted by Crippen LogP contribution is 2.22. The predicted octanol–water partition coefficient (Wildman–Crippen LogP) is 0.729. The number of hydrogen-bond donors (Lipinski definition) is 2. The Hall–Kier alpha value is -0.690. The van der Waals surface area contributed by atoms with Gasteiger partial charge in [-0.3, -0.25) is 0 Å². The Morgan fingerprint density at radius 1 is 1.44 bits per heavy atom. The average Bonchev–Trinajstić information content (AvgIpc) is 2.16. The molecule has 4 nitrogen and oxygen atoms in total. The highest BCUT2D eigenvalue weighted by molar-refractivity contribution is 7.89. The third-order valence-electron chi connectivity index (χ3n) is 2.29. The Morgan fingerprint density at radius 2 is 2.12 bits per heavy atom. The van der Waals surface area contributed by atoms with Crippen molar-refractivity contribution < 1.29 is 12.8 Å². The van der Waals surface area contributed by atoms with Crippen molar-refractivity contribution in [3.63, 3.8) is 0 Å². The van der Waals surface area contributed by atoms with Crippen molar-refractivity contribution in [2.75, 3.05) is 13.1 Å². The van der Waals surface area contributed by atoms with Crippen LogP contribution in [0.5, 0.6) is 0 Å². The van der Waals surface area contributed by atoms with Crippen LogP contribution in [0, 0.1) is 5.82 Å². The number of benzene rings is 1. The summed E-state index contributed by atoms with van der Waals surface area (Å²) in [6, 6.07) is 3.11. The van der Waals surface area contributed by atoms with E-state index in [-0.39, 0.29) is 16.0 Å². The highest BCUT2D eigenvalue weighted by Gasteiger charge is 2.26. The molecule has 1 fully saturated rings. The molecule has 88 valence electrons. The monoisotopic (exact) mass is 264 g/mol. The third-order valence-corrected chi connectivity index (χ3v) is 4.29. The standard InChI is InChI=1S/C9H10ClFN2O2S/c10-8-2-1-6(11)3-9(8)16(14,15)13-7-4-12-5-7/h1-3,7,12-13H,4-5H2. The summed E-state index contributed by atoms with van der Waals surface area (Å²) in [5.41, 5.74) is 0. The molecule has 7 heteroatoms. The summed E-state index contributed by atoms with van der Waals surface area (Å²) in [6.45, 7) is 1.15. The van der Waals surface area contributed by atoms with Crippen molar-refractivity contribution in [3.8, 4) is 0 Å². The second-order valence-electron chi connectivity index (χ2n) is 3.55. The molecule has 0 atom stereocenters. The molecule has 0 aromatic heterocycles. The van der Waals surface area contributed by atoms with Crippen molar-refractivity contribution >= 4 is 21.6 Å². The van der Waals surface area contributed by atoms with Crippen LogP contribution in [-0.4, -0.2) is 27.5 Å². The molecule has 1 saturated heterocycles. The van der Waals surface area contributed by atoms with Gasteiger partial charge in [0.25, 0.3) is 0 Å². The smallest absolute Gasteiger partial charge is 0.242 e. The predicted molar refractivity (Wildman–Crippen MR) is 58.4 cm³/mol. The van der Waals surface area contributed by atoms with Gasteiger partial charge in [-0.2, -0.15) is 0 Å². The zero-order valence-corrected chi connectivity index (χ0v) is 9.78. The third kappa shape index (κ3) is 2.35. The zero-order chi connectivity index (χ0) is 11.8. The van der Waals surface area contributed by atoms with Crippen LogP contribution >= 0.6 is 11.6 Å². The average molecular weight is 265 g/mol. The van der Waals surface area contributed by atoms with E-state index >= 15 is 0 Å². The van der Waals surface area contributed by atoms with Gasteiger partial charge in [0.2, 0.25) is 10.0 Å². The molecule has 0 aliphatic carbocycles. The van der Waals surface area contributed by atoms with E-state index in [1.54, 1.807) is 0 Å². The maximum Gasteiger partial charge on any atom is 0.242 e. The second kappa shape index (κ2) is 4.29. The fourth-order valence-electron chi connectivity index (χ4n) is 1.34. The minimum absolute atomic E-state index is 0.0150. The van der Waals surface area contributed by atoms with Crippen LogP contribution in [0.1, 0.15) is 0 Å². The molecule has 16 heavy (non-hydrogen) atoms. The second-order valence-corrected chi connectivity index (χ2v) is 5.64. The van der Waals surface area contributed by atoms with Crippen LogP contribution in [0.3, 0.4) is 0 Å². The molecule has 1 heterocycles. The first kappa shape index (κ1) is 11.8. The van der Waals surface area contributed by atoms with Gasteiger partial charge in [0.05, 0.1) is 5.02 Å². The van der Waals surface area contributed by atoms with E-state index in [4.69, 9.17) is 11.6 Å². The molecule has 2 rings (SSSR count). The van der Waals surface area contributed by atoms with Gasteiger partial charge in [0.1, 0.15) is 10.7 Å². The van der Waals surface area contributed by atoms with E-state index in [0.717, 1.165) is 12.1 Å². The van der Waals surface area contributed by atoms with Crippen LogP contribution in [0.4, 0.5) is 4.39 Å². The summed E-state index contributed by atoms with van der Waals surface area (Å²) in [7, 11) is -3.74. The van der Waals surface area contributed by atoms with Gasteiger partial charge < -0.3 is 5.32 Å². The summed E-state index contributed by atoms with van der Waals surface area (Å²) in [5.74, 6) is -0.628. The van der Waals surface area contributed by atoms with E-state index < -0.39 is 15.8 Å². The van der Waals surface area contributed by atoms with Crippen LogP contribution in [0.15, 0.2) is 23.1 Å². The lowest BCUT2D eigenvalue weighted by Crippen LogP contribution is -2.56. The fraction of sp³-hybridized carbons (Fsp3) is 0.333. The molecule has 2 N–H and O–H groups in total. The molecule has 0 unspecified atom stereocenters. The molecule has 1 aromatic carbocycles. The minimum Gasteiger partial charge on any atom is -0.313 e. The van der Waals surface area contributed by atoms with Crippen molar-refractivity contribution in [3.05, 3.63) is 29.0 Å². The maximum atomic E-state index is 12.9. The maximum absolute atomic E-state index is 12.9. The summed E-state index contributed by atoms with van der Waals surface area (Å²) < 4.78 is 39.0. The summed E-state index contributed by atoms with van der Waals surface area (Å²) in [6.07, 6.45) is 0. The molecular weight excluding hydrogens is 255 g/mol. The quantitative estimate of drug-likeness (QED) is 0.846. The Kier molecular flexibility index (Phi) is 3.16. The largest absolute Gasteiger partial charge is 0.313 e. The molecule has 1 aliphatic rings. The van der Waals surface area contributed by atoms with Crippen molar-refractivity contribution in [1.82, 2.24) is 10.0 Å².